The highest BCUT2D eigenvalue weighted by Gasteiger charge is 2.42. The Morgan fingerprint density at radius 1 is 1.32 bits per heavy atom. The van der Waals surface area contributed by atoms with Crippen LogP contribution in [0.5, 0.6) is 0 Å². The Labute approximate surface area is 124 Å². The van der Waals surface area contributed by atoms with Crippen molar-refractivity contribution in [2.75, 3.05) is 6.54 Å². The molecule has 1 aliphatic heterocycles. The van der Waals surface area contributed by atoms with Crippen LogP contribution in [0, 0.1) is 5.92 Å². The van der Waals surface area contributed by atoms with Gasteiger partial charge in [-0.2, -0.15) is 13.2 Å². The van der Waals surface area contributed by atoms with Gasteiger partial charge in [-0.25, -0.2) is 0 Å². The molecule has 4 nitrogen and oxygen atoms in total. The van der Waals surface area contributed by atoms with E-state index in [0.29, 0.717) is 18.0 Å². The first-order valence-corrected chi connectivity index (χ1v) is 7.01. The number of hydrogen-bond acceptors (Lipinski definition) is 2. The molecule has 1 N–H and O–H groups in total. The minimum atomic E-state index is -4.53. The van der Waals surface area contributed by atoms with Crippen molar-refractivity contribution in [3.63, 3.8) is 0 Å². The van der Waals surface area contributed by atoms with Crippen molar-refractivity contribution in [2.45, 2.75) is 31.5 Å². The number of carbonyl (C=O) groups is 2. The van der Waals surface area contributed by atoms with Crippen LogP contribution in [-0.2, 0) is 11.0 Å². The third-order valence-corrected chi connectivity index (χ3v) is 4.13. The molecular weight excluding hydrogens is 299 g/mol. The fraction of sp³-hybridized carbons (Fsp3) is 0.467. The summed E-state index contributed by atoms with van der Waals surface area (Å²) >= 11 is 0. The molecule has 1 aromatic rings. The van der Waals surface area contributed by atoms with Gasteiger partial charge in [0.15, 0.2) is 0 Å². The Morgan fingerprint density at radius 3 is 2.55 bits per heavy atom. The monoisotopic (exact) mass is 313 g/mol. The normalized spacial score (nSPS) is 21.1. The van der Waals surface area contributed by atoms with E-state index in [1.807, 2.05) is 0 Å². The van der Waals surface area contributed by atoms with E-state index in [2.05, 4.69) is 0 Å². The molecule has 0 saturated heterocycles. The maximum absolute atomic E-state index is 12.8. The topological polar surface area (TPSA) is 57.6 Å². The van der Waals surface area contributed by atoms with Gasteiger partial charge in [-0.1, -0.05) is 6.07 Å². The van der Waals surface area contributed by atoms with Gasteiger partial charge < -0.3 is 10.0 Å². The summed E-state index contributed by atoms with van der Waals surface area (Å²) in [6.45, 7) is 0.410. The van der Waals surface area contributed by atoms with E-state index in [-0.39, 0.29) is 12.0 Å². The molecule has 3 rings (SSSR count). The van der Waals surface area contributed by atoms with Crippen LogP contribution in [0.2, 0.25) is 0 Å². The maximum Gasteiger partial charge on any atom is 0.416 e. The van der Waals surface area contributed by atoms with Crippen LogP contribution in [0.1, 0.15) is 46.8 Å². The second kappa shape index (κ2) is 5.00. The third kappa shape index (κ3) is 2.67. The van der Waals surface area contributed by atoms with Gasteiger partial charge in [0.05, 0.1) is 18.0 Å². The first-order chi connectivity index (χ1) is 10.3. The van der Waals surface area contributed by atoms with Crippen molar-refractivity contribution < 1.29 is 27.9 Å². The van der Waals surface area contributed by atoms with Crippen molar-refractivity contribution in [3.8, 4) is 0 Å². The van der Waals surface area contributed by atoms with E-state index in [1.54, 1.807) is 0 Å². The highest BCUT2D eigenvalue weighted by molar-refractivity contribution is 6.00. The number of amides is 1. The summed E-state index contributed by atoms with van der Waals surface area (Å²) in [4.78, 5) is 24.8. The number of carbonyl (C=O) groups excluding carboxylic acids is 1. The molecule has 0 bridgehead atoms. The number of nitrogens with zero attached hydrogens (tertiary/aromatic N) is 1. The number of aliphatic carboxylic acids is 1. The Balaban J connectivity index is 1.98. The minimum Gasteiger partial charge on any atom is -0.481 e. The average molecular weight is 313 g/mol. The number of alkyl halides is 3. The van der Waals surface area contributed by atoms with Crippen LogP contribution in [0.4, 0.5) is 13.2 Å². The van der Waals surface area contributed by atoms with Crippen molar-refractivity contribution in [1.82, 2.24) is 4.90 Å². The molecule has 0 radical (unpaired) electrons. The second-order valence-corrected chi connectivity index (χ2v) is 5.81. The minimum absolute atomic E-state index is 0.0262. The number of fused-ring (bicyclic) bond motifs is 1. The van der Waals surface area contributed by atoms with Crippen LogP contribution in [0.15, 0.2) is 18.2 Å². The van der Waals surface area contributed by atoms with Gasteiger partial charge in [-0.3, -0.25) is 9.59 Å². The zero-order valence-electron chi connectivity index (χ0n) is 11.6. The van der Waals surface area contributed by atoms with Crippen LogP contribution >= 0.6 is 0 Å². The Morgan fingerprint density at radius 2 is 2.00 bits per heavy atom. The Hall–Kier alpha value is -2.05. The zero-order chi connectivity index (χ0) is 16.1. The summed E-state index contributed by atoms with van der Waals surface area (Å²) in [5.74, 6) is -1.25. The SMILES string of the molecule is O=C(O)CC1c2ccc(C(F)(F)F)cc2C(=O)N1CC1CC1. The van der Waals surface area contributed by atoms with Crippen molar-refractivity contribution in [1.29, 1.82) is 0 Å². The van der Waals surface area contributed by atoms with Gasteiger partial charge in [0, 0.05) is 12.1 Å². The average Bonchev–Trinajstić information content (AvgIpc) is 3.20. The van der Waals surface area contributed by atoms with Gasteiger partial charge in [0.1, 0.15) is 0 Å². The number of carboxylic acids is 1. The summed E-state index contributed by atoms with van der Waals surface area (Å²) in [6.07, 6.45) is -2.89. The standard InChI is InChI=1S/C15H14F3NO3/c16-15(17,18)9-3-4-10-11(5-9)14(22)19(7-8-1-2-8)12(10)6-13(20)21/h3-5,8,12H,1-2,6-7H2,(H,20,21). The number of benzene rings is 1. The molecule has 1 atom stereocenters. The van der Waals surface area contributed by atoms with E-state index in [0.717, 1.165) is 25.0 Å². The highest BCUT2D eigenvalue weighted by Crippen LogP contribution is 2.42. The Kier molecular flexibility index (Phi) is 3.38. The van der Waals surface area contributed by atoms with Crippen molar-refractivity contribution >= 4 is 11.9 Å². The molecule has 118 valence electrons. The lowest BCUT2D eigenvalue weighted by Gasteiger charge is -2.24. The lowest BCUT2D eigenvalue weighted by atomic mass is 9.99. The van der Waals surface area contributed by atoms with Crippen molar-refractivity contribution in [3.05, 3.63) is 34.9 Å². The predicted octanol–water partition coefficient (Wildman–Crippen LogP) is 3.09. The molecule has 22 heavy (non-hydrogen) atoms. The van der Waals surface area contributed by atoms with Gasteiger partial charge >= 0.3 is 12.1 Å². The lowest BCUT2D eigenvalue weighted by molar-refractivity contribution is -0.139. The quantitative estimate of drug-likeness (QED) is 0.929. The molecule has 1 saturated carbocycles. The summed E-state index contributed by atoms with van der Waals surface area (Å²) < 4.78 is 38.4. The van der Waals surface area contributed by atoms with Crippen LogP contribution < -0.4 is 0 Å². The summed E-state index contributed by atoms with van der Waals surface area (Å²) in [5, 5.41) is 9.02. The largest absolute Gasteiger partial charge is 0.481 e. The Bertz CT molecular complexity index is 637. The number of hydrogen-bond donors (Lipinski definition) is 1. The molecule has 1 aromatic carbocycles. The maximum atomic E-state index is 12.8. The van der Waals surface area contributed by atoms with Gasteiger partial charge in [0.25, 0.3) is 5.91 Å². The highest BCUT2D eigenvalue weighted by atomic mass is 19.4. The first kappa shape index (κ1) is 14.9. The predicted molar refractivity (Wildman–Crippen MR) is 70.2 cm³/mol. The molecule has 0 spiro atoms. The van der Waals surface area contributed by atoms with Crippen LogP contribution in [-0.4, -0.2) is 28.4 Å². The molecule has 1 amide bonds. The third-order valence-electron chi connectivity index (χ3n) is 4.13. The summed E-state index contributed by atoms with van der Waals surface area (Å²) in [6, 6.07) is 2.29. The van der Waals surface area contributed by atoms with Crippen molar-refractivity contribution in [2.24, 2.45) is 5.92 Å². The van der Waals surface area contributed by atoms with E-state index in [9.17, 15) is 22.8 Å². The van der Waals surface area contributed by atoms with E-state index in [4.69, 9.17) is 5.11 Å². The van der Waals surface area contributed by atoms with Crippen LogP contribution in [0.25, 0.3) is 0 Å². The van der Waals surface area contributed by atoms with Crippen LogP contribution in [0.3, 0.4) is 0 Å². The van der Waals surface area contributed by atoms with Gasteiger partial charge in [-0.15, -0.1) is 0 Å². The fourth-order valence-electron chi connectivity index (χ4n) is 2.85. The molecular formula is C15H14F3NO3. The molecule has 7 heteroatoms. The van der Waals surface area contributed by atoms with Gasteiger partial charge in [-0.05, 0) is 36.5 Å². The molecule has 1 unspecified atom stereocenters. The van der Waals surface area contributed by atoms with Gasteiger partial charge in [0.2, 0.25) is 0 Å². The molecule has 1 heterocycles. The van der Waals surface area contributed by atoms with E-state index >= 15 is 0 Å². The smallest absolute Gasteiger partial charge is 0.416 e. The fourth-order valence-corrected chi connectivity index (χ4v) is 2.85. The molecule has 0 aromatic heterocycles. The molecule has 1 fully saturated rings. The number of rotatable bonds is 4. The van der Waals surface area contributed by atoms with E-state index in [1.165, 1.54) is 11.0 Å². The van der Waals surface area contributed by atoms with E-state index < -0.39 is 29.7 Å². The zero-order valence-corrected chi connectivity index (χ0v) is 11.6. The summed E-state index contributed by atoms with van der Waals surface area (Å²) in [7, 11) is 0. The molecule has 1 aliphatic carbocycles. The first-order valence-electron chi connectivity index (χ1n) is 7.01. The molecule has 2 aliphatic rings. The number of halogens is 3. The second-order valence-electron chi connectivity index (χ2n) is 5.81. The number of carboxylic acid groups (broad SMARTS) is 1. The summed E-state index contributed by atoms with van der Waals surface area (Å²) in [5.41, 5.74) is -0.537. The lowest BCUT2D eigenvalue weighted by Crippen LogP contribution is -2.31.